The molecule has 1 aromatic heterocycles. The van der Waals surface area contributed by atoms with Crippen LogP contribution >= 0.6 is 0 Å². The van der Waals surface area contributed by atoms with Gasteiger partial charge in [-0.25, -0.2) is 4.98 Å². The Balaban J connectivity index is 2.51. The highest BCUT2D eigenvalue weighted by molar-refractivity contribution is 4.87. The fourth-order valence-electron chi connectivity index (χ4n) is 0.473. The summed E-state index contributed by atoms with van der Waals surface area (Å²) in [6.07, 6.45) is 2.09. The van der Waals surface area contributed by atoms with Crippen molar-refractivity contribution < 1.29 is 4.74 Å². The van der Waals surface area contributed by atoms with Crippen LogP contribution in [-0.2, 0) is 0 Å². The molecule has 0 fully saturated rings. The lowest BCUT2D eigenvalue weighted by atomic mass is 10.6. The molecule has 1 aromatic rings. The van der Waals surface area contributed by atoms with E-state index in [1.54, 1.807) is 0 Å². The molecule has 4 N–H and O–H groups in total. The Kier molecular flexibility index (Phi) is 2.70. The first kappa shape index (κ1) is 7.83. The van der Waals surface area contributed by atoms with E-state index in [-0.39, 0.29) is 12.6 Å². The Bertz CT molecular complexity index is 203. The van der Waals surface area contributed by atoms with E-state index in [9.17, 15) is 0 Å². The third kappa shape index (κ3) is 2.44. The first-order chi connectivity index (χ1) is 5.33. The molecule has 11 heavy (non-hydrogen) atoms. The van der Waals surface area contributed by atoms with Crippen molar-refractivity contribution in [2.24, 2.45) is 11.5 Å². The molecule has 1 atom stereocenters. The van der Waals surface area contributed by atoms with E-state index in [1.807, 2.05) is 0 Å². The van der Waals surface area contributed by atoms with E-state index in [4.69, 9.17) is 16.2 Å². The quantitative estimate of drug-likeness (QED) is 0.515. The molecule has 0 bridgehead atoms. The lowest BCUT2D eigenvalue weighted by molar-refractivity contribution is 0.198. The number of hydrogen-bond acceptors (Lipinski definition) is 6. The van der Waals surface area contributed by atoms with Gasteiger partial charge in [0.1, 0.15) is 12.7 Å². The van der Waals surface area contributed by atoms with Gasteiger partial charge in [0.25, 0.3) is 0 Å². The summed E-state index contributed by atoms with van der Waals surface area (Å²) in [6, 6.07) is 0.193. The first-order valence-electron chi connectivity index (χ1n) is 3.07. The molecule has 0 saturated carbocycles. The minimum atomic E-state index is -0.558. The van der Waals surface area contributed by atoms with Gasteiger partial charge < -0.3 is 10.5 Å². The van der Waals surface area contributed by atoms with Crippen LogP contribution in [0.3, 0.4) is 0 Å². The van der Waals surface area contributed by atoms with Crippen LogP contribution in [0.2, 0.25) is 0 Å². The van der Waals surface area contributed by atoms with Gasteiger partial charge in [0.15, 0.2) is 6.23 Å². The predicted molar refractivity (Wildman–Crippen MR) is 37.5 cm³/mol. The second-order valence-corrected chi connectivity index (χ2v) is 1.81. The van der Waals surface area contributed by atoms with E-state index in [0.29, 0.717) is 0 Å². The van der Waals surface area contributed by atoms with Crippen molar-refractivity contribution in [3.05, 3.63) is 12.7 Å². The number of rotatable bonds is 3. The Morgan fingerprint density at radius 1 is 1.45 bits per heavy atom. The van der Waals surface area contributed by atoms with E-state index in [0.717, 1.165) is 0 Å². The molecule has 6 nitrogen and oxygen atoms in total. The highest BCUT2D eigenvalue weighted by Crippen LogP contribution is 1.96. The molecule has 6 heteroatoms. The van der Waals surface area contributed by atoms with Gasteiger partial charge >= 0.3 is 6.01 Å². The molecule has 0 aliphatic rings. The monoisotopic (exact) mass is 155 g/mol. The van der Waals surface area contributed by atoms with Crippen LogP contribution in [0.4, 0.5) is 0 Å². The van der Waals surface area contributed by atoms with Crippen LogP contribution in [0.15, 0.2) is 12.7 Å². The lowest BCUT2D eigenvalue weighted by Crippen LogP contribution is -2.35. The summed E-state index contributed by atoms with van der Waals surface area (Å²) in [5, 5.41) is 0. The zero-order chi connectivity index (χ0) is 8.10. The second kappa shape index (κ2) is 3.79. The van der Waals surface area contributed by atoms with Gasteiger partial charge in [-0.2, -0.15) is 9.97 Å². The number of nitrogens with zero attached hydrogens (tertiary/aromatic N) is 3. The fourth-order valence-corrected chi connectivity index (χ4v) is 0.473. The largest absolute Gasteiger partial charge is 0.443 e. The Morgan fingerprint density at radius 3 is 2.64 bits per heavy atom. The molecule has 0 aromatic carbocycles. The maximum absolute atomic E-state index is 5.36. The van der Waals surface area contributed by atoms with Crippen molar-refractivity contribution in [1.29, 1.82) is 0 Å². The van der Waals surface area contributed by atoms with Gasteiger partial charge in [0.2, 0.25) is 0 Å². The Labute approximate surface area is 63.6 Å². The van der Waals surface area contributed by atoms with E-state index in [1.165, 1.54) is 12.7 Å². The molecule has 0 aliphatic carbocycles. The van der Waals surface area contributed by atoms with E-state index >= 15 is 0 Å². The summed E-state index contributed by atoms with van der Waals surface area (Å²) in [5.74, 6) is 0. The summed E-state index contributed by atoms with van der Waals surface area (Å²) in [6.45, 7) is 0.228. The van der Waals surface area contributed by atoms with Gasteiger partial charge in [-0.3, -0.25) is 5.73 Å². The van der Waals surface area contributed by atoms with Gasteiger partial charge in [0.05, 0.1) is 0 Å². The Hall–Kier alpha value is -1.27. The Morgan fingerprint density at radius 2 is 2.09 bits per heavy atom. The first-order valence-corrected chi connectivity index (χ1v) is 3.07. The van der Waals surface area contributed by atoms with Crippen molar-refractivity contribution >= 4 is 0 Å². The standard InChI is InChI=1S/C5H9N5O/c6-1-4(7)11-5-9-2-8-3-10-5/h2-4H,1,6-7H2. The summed E-state index contributed by atoms with van der Waals surface area (Å²) < 4.78 is 4.95. The molecule has 1 rings (SSSR count). The van der Waals surface area contributed by atoms with Crippen molar-refractivity contribution in [3.8, 4) is 6.01 Å². The second-order valence-electron chi connectivity index (χ2n) is 1.81. The van der Waals surface area contributed by atoms with E-state index < -0.39 is 6.23 Å². The molecule has 0 spiro atoms. The lowest BCUT2D eigenvalue weighted by Gasteiger charge is -2.08. The number of aromatic nitrogens is 3. The zero-order valence-corrected chi connectivity index (χ0v) is 5.84. The van der Waals surface area contributed by atoms with Gasteiger partial charge in [0, 0.05) is 6.54 Å². The van der Waals surface area contributed by atoms with Gasteiger partial charge in [-0.15, -0.1) is 0 Å². The van der Waals surface area contributed by atoms with E-state index in [2.05, 4.69) is 15.0 Å². The minimum absolute atomic E-state index is 0.193. The van der Waals surface area contributed by atoms with Crippen LogP contribution in [0.5, 0.6) is 6.01 Å². The summed E-state index contributed by atoms with van der Waals surface area (Å²) >= 11 is 0. The van der Waals surface area contributed by atoms with Crippen LogP contribution < -0.4 is 16.2 Å². The number of ether oxygens (including phenoxy) is 1. The molecule has 1 heterocycles. The summed E-state index contributed by atoms with van der Waals surface area (Å²) in [7, 11) is 0. The number of hydrogen-bond donors (Lipinski definition) is 2. The molecule has 0 radical (unpaired) electrons. The van der Waals surface area contributed by atoms with Crippen molar-refractivity contribution in [2.45, 2.75) is 6.23 Å². The molecular weight excluding hydrogens is 146 g/mol. The zero-order valence-electron chi connectivity index (χ0n) is 5.84. The predicted octanol–water partition coefficient (Wildman–Crippen LogP) is -1.51. The van der Waals surface area contributed by atoms with Gasteiger partial charge in [-0.05, 0) is 0 Å². The topological polar surface area (TPSA) is 99.9 Å². The summed E-state index contributed by atoms with van der Waals surface area (Å²) in [5.41, 5.74) is 10.6. The third-order valence-electron chi connectivity index (χ3n) is 0.959. The summed E-state index contributed by atoms with van der Waals surface area (Å²) in [4.78, 5) is 11.0. The molecule has 0 amide bonds. The van der Waals surface area contributed by atoms with Gasteiger partial charge in [-0.1, -0.05) is 0 Å². The van der Waals surface area contributed by atoms with Crippen molar-refractivity contribution in [2.75, 3.05) is 6.54 Å². The van der Waals surface area contributed by atoms with Crippen LogP contribution in [-0.4, -0.2) is 27.7 Å². The minimum Gasteiger partial charge on any atom is -0.443 e. The number of nitrogens with two attached hydrogens (primary N) is 2. The highest BCUT2D eigenvalue weighted by atomic mass is 16.5. The van der Waals surface area contributed by atoms with Crippen LogP contribution in [0.25, 0.3) is 0 Å². The molecule has 1 unspecified atom stereocenters. The van der Waals surface area contributed by atoms with Crippen LogP contribution in [0, 0.1) is 0 Å². The SMILES string of the molecule is NCC(N)Oc1ncncn1. The molecule has 0 saturated heterocycles. The molecule has 0 aliphatic heterocycles. The normalized spacial score (nSPS) is 12.5. The maximum atomic E-state index is 5.36. The fraction of sp³-hybridized carbons (Fsp3) is 0.400. The maximum Gasteiger partial charge on any atom is 0.320 e. The molecular formula is C5H9N5O. The average molecular weight is 155 g/mol. The highest BCUT2D eigenvalue weighted by Gasteiger charge is 2.01. The molecule has 60 valence electrons. The van der Waals surface area contributed by atoms with Crippen molar-refractivity contribution in [3.63, 3.8) is 0 Å². The average Bonchev–Trinajstić information content (AvgIpc) is 2.06. The third-order valence-corrected chi connectivity index (χ3v) is 0.959. The van der Waals surface area contributed by atoms with Crippen LogP contribution in [0.1, 0.15) is 0 Å². The smallest absolute Gasteiger partial charge is 0.320 e. The van der Waals surface area contributed by atoms with Crippen molar-refractivity contribution in [1.82, 2.24) is 15.0 Å².